The average Bonchev–Trinajstić information content (AvgIpc) is 2.48. The maximum absolute atomic E-state index is 11.2. The predicted octanol–water partition coefficient (Wildman–Crippen LogP) is 3.75. The van der Waals surface area contributed by atoms with Gasteiger partial charge in [0.15, 0.2) is 0 Å². The van der Waals surface area contributed by atoms with Gasteiger partial charge in [0, 0.05) is 10.6 Å². The molecule has 1 aromatic carbocycles. The van der Waals surface area contributed by atoms with Gasteiger partial charge in [-0.2, -0.15) is 0 Å². The molecule has 0 bridgehead atoms. The van der Waals surface area contributed by atoms with Gasteiger partial charge < -0.3 is 5.11 Å². The van der Waals surface area contributed by atoms with E-state index in [-0.39, 0.29) is 5.82 Å². The van der Waals surface area contributed by atoms with E-state index in [9.17, 15) is 4.79 Å². The van der Waals surface area contributed by atoms with Gasteiger partial charge in [-0.1, -0.05) is 37.5 Å². The monoisotopic (exact) mass is 288 g/mol. The van der Waals surface area contributed by atoms with E-state index in [1.54, 1.807) is 11.8 Å². The quantitative estimate of drug-likeness (QED) is 0.871. The zero-order valence-corrected chi connectivity index (χ0v) is 11.9. The molecule has 1 heterocycles. The van der Waals surface area contributed by atoms with Crippen LogP contribution in [0.1, 0.15) is 42.7 Å². The Bertz CT molecular complexity index is 639. The Labute approximate surface area is 121 Å². The summed E-state index contributed by atoms with van der Waals surface area (Å²) in [5, 5.41) is 11.4. The van der Waals surface area contributed by atoms with Crippen molar-refractivity contribution >= 4 is 28.6 Å². The second kappa shape index (κ2) is 5.79. The highest BCUT2D eigenvalue weighted by Crippen LogP contribution is 2.35. The van der Waals surface area contributed by atoms with Crippen molar-refractivity contribution in [2.45, 2.75) is 42.4 Å². The molecular formula is C15H16N2O2S. The predicted molar refractivity (Wildman–Crippen MR) is 79.2 cm³/mol. The lowest BCUT2D eigenvalue weighted by Crippen LogP contribution is -2.10. The number of carboxylic acid groups (broad SMARTS) is 1. The van der Waals surface area contributed by atoms with Crippen LogP contribution in [0.2, 0.25) is 0 Å². The van der Waals surface area contributed by atoms with Crippen LogP contribution >= 0.6 is 11.8 Å². The zero-order valence-electron chi connectivity index (χ0n) is 11.1. The normalized spacial score (nSPS) is 16.4. The van der Waals surface area contributed by atoms with Gasteiger partial charge in [-0.05, 0) is 18.9 Å². The van der Waals surface area contributed by atoms with E-state index in [0.717, 1.165) is 10.4 Å². The van der Waals surface area contributed by atoms with Crippen molar-refractivity contribution in [1.82, 2.24) is 9.97 Å². The smallest absolute Gasteiger partial charge is 0.373 e. The minimum Gasteiger partial charge on any atom is -0.475 e. The second-order valence-electron chi connectivity index (χ2n) is 5.05. The number of hydrogen-bond donors (Lipinski definition) is 1. The Balaban J connectivity index is 2.00. The van der Waals surface area contributed by atoms with Gasteiger partial charge in [0.2, 0.25) is 5.82 Å². The molecule has 0 radical (unpaired) electrons. The number of fused-ring (bicyclic) bond motifs is 1. The maximum atomic E-state index is 11.2. The summed E-state index contributed by atoms with van der Waals surface area (Å²) in [5.74, 6) is -1.18. The van der Waals surface area contributed by atoms with Gasteiger partial charge in [-0.15, -0.1) is 11.8 Å². The fourth-order valence-electron chi connectivity index (χ4n) is 2.57. The van der Waals surface area contributed by atoms with E-state index >= 15 is 0 Å². The van der Waals surface area contributed by atoms with E-state index in [2.05, 4.69) is 9.97 Å². The van der Waals surface area contributed by atoms with Gasteiger partial charge in [-0.3, -0.25) is 0 Å². The Morgan fingerprint density at radius 2 is 1.90 bits per heavy atom. The molecule has 5 heteroatoms. The number of hydrogen-bond acceptors (Lipinski definition) is 4. The number of carbonyl (C=O) groups is 1. The minimum atomic E-state index is -1.07. The number of para-hydroxylation sites is 1. The van der Waals surface area contributed by atoms with Crippen LogP contribution in [0.15, 0.2) is 29.3 Å². The first kappa shape index (κ1) is 13.4. The topological polar surface area (TPSA) is 63.1 Å². The molecule has 1 N–H and O–H groups in total. The van der Waals surface area contributed by atoms with Gasteiger partial charge in [-0.25, -0.2) is 14.8 Å². The second-order valence-corrected chi connectivity index (χ2v) is 6.34. The minimum absolute atomic E-state index is 0.109. The van der Waals surface area contributed by atoms with Crippen molar-refractivity contribution in [1.29, 1.82) is 0 Å². The van der Waals surface area contributed by atoms with E-state index in [0.29, 0.717) is 10.8 Å². The molecule has 3 rings (SSSR count). The van der Waals surface area contributed by atoms with Crippen molar-refractivity contribution < 1.29 is 9.90 Å². The van der Waals surface area contributed by atoms with Crippen LogP contribution in [0, 0.1) is 0 Å². The highest BCUT2D eigenvalue weighted by Gasteiger charge is 2.19. The van der Waals surface area contributed by atoms with Crippen LogP contribution in [-0.2, 0) is 0 Å². The van der Waals surface area contributed by atoms with Gasteiger partial charge in [0.05, 0.1) is 5.52 Å². The number of aromatic nitrogens is 2. The molecule has 1 fully saturated rings. The highest BCUT2D eigenvalue weighted by atomic mass is 32.2. The first-order chi connectivity index (χ1) is 9.74. The molecular weight excluding hydrogens is 272 g/mol. The van der Waals surface area contributed by atoms with Crippen LogP contribution in [0.25, 0.3) is 10.9 Å². The molecule has 1 aliphatic carbocycles. The molecule has 0 unspecified atom stereocenters. The van der Waals surface area contributed by atoms with Crippen LogP contribution in [-0.4, -0.2) is 26.3 Å². The van der Waals surface area contributed by atoms with Crippen LogP contribution in [0.3, 0.4) is 0 Å². The van der Waals surface area contributed by atoms with Crippen LogP contribution in [0.5, 0.6) is 0 Å². The van der Waals surface area contributed by atoms with Crippen LogP contribution < -0.4 is 0 Å². The summed E-state index contributed by atoms with van der Waals surface area (Å²) in [6.07, 6.45) is 6.19. The van der Waals surface area contributed by atoms with E-state index in [4.69, 9.17) is 5.11 Å². The summed E-state index contributed by atoms with van der Waals surface area (Å²) in [4.78, 5) is 19.5. The fourth-order valence-corrected chi connectivity index (χ4v) is 3.90. The van der Waals surface area contributed by atoms with Crippen molar-refractivity contribution in [3.8, 4) is 0 Å². The third-order valence-electron chi connectivity index (χ3n) is 3.59. The fraction of sp³-hybridized carbons (Fsp3) is 0.400. The van der Waals surface area contributed by atoms with Gasteiger partial charge in [0.25, 0.3) is 0 Å². The summed E-state index contributed by atoms with van der Waals surface area (Å²) in [6.45, 7) is 0. The van der Waals surface area contributed by atoms with E-state index in [1.807, 2.05) is 24.3 Å². The first-order valence-corrected chi connectivity index (χ1v) is 7.79. The Kier molecular flexibility index (Phi) is 3.87. The van der Waals surface area contributed by atoms with E-state index < -0.39 is 5.97 Å². The lowest BCUT2D eigenvalue weighted by atomic mass is 10.0. The van der Waals surface area contributed by atoms with Crippen LogP contribution in [0.4, 0.5) is 0 Å². The van der Waals surface area contributed by atoms with Crippen molar-refractivity contribution in [2.24, 2.45) is 0 Å². The molecule has 20 heavy (non-hydrogen) atoms. The molecule has 0 spiro atoms. The Morgan fingerprint density at radius 3 is 2.65 bits per heavy atom. The molecule has 0 aliphatic heterocycles. The summed E-state index contributed by atoms with van der Waals surface area (Å²) in [6, 6.07) is 7.62. The number of thioether (sulfide) groups is 1. The van der Waals surface area contributed by atoms with E-state index in [1.165, 1.54) is 32.1 Å². The molecule has 0 saturated heterocycles. The van der Waals surface area contributed by atoms with Crippen molar-refractivity contribution in [2.75, 3.05) is 0 Å². The molecule has 0 amide bonds. The Morgan fingerprint density at radius 1 is 1.15 bits per heavy atom. The molecule has 2 aromatic rings. The Hall–Kier alpha value is -1.62. The third-order valence-corrected chi connectivity index (χ3v) is 4.93. The molecule has 4 nitrogen and oxygen atoms in total. The SMILES string of the molecule is O=C(O)c1nc(SC2CCCCC2)c2ccccc2n1. The average molecular weight is 288 g/mol. The molecule has 1 saturated carbocycles. The summed E-state index contributed by atoms with van der Waals surface area (Å²) in [5.41, 5.74) is 0.707. The molecule has 0 atom stereocenters. The summed E-state index contributed by atoms with van der Waals surface area (Å²) < 4.78 is 0. The van der Waals surface area contributed by atoms with Gasteiger partial charge in [0.1, 0.15) is 5.03 Å². The number of aromatic carboxylic acids is 1. The third kappa shape index (κ3) is 2.77. The standard InChI is InChI=1S/C15H16N2O2S/c18-15(19)13-16-12-9-5-4-8-11(12)14(17-13)20-10-6-2-1-3-7-10/h4-5,8-10H,1-3,6-7H2,(H,18,19). The number of carboxylic acids is 1. The number of benzene rings is 1. The largest absolute Gasteiger partial charge is 0.475 e. The van der Waals surface area contributed by atoms with Gasteiger partial charge >= 0.3 is 5.97 Å². The summed E-state index contributed by atoms with van der Waals surface area (Å²) in [7, 11) is 0. The molecule has 1 aliphatic rings. The molecule has 1 aromatic heterocycles. The summed E-state index contributed by atoms with van der Waals surface area (Å²) >= 11 is 1.71. The lowest BCUT2D eigenvalue weighted by molar-refractivity contribution is 0.0683. The first-order valence-electron chi connectivity index (χ1n) is 6.91. The zero-order chi connectivity index (χ0) is 13.9. The maximum Gasteiger partial charge on any atom is 0.373 e. The van der Waals surface area contributed by atoms with Crippen molar-refractivity contribution in [3.63, 3.8) is 0 Å². The number of rotatable bonds is 3. The number of nitrogens with zero attached hydrogens (tertiary/aromatic N) is 2. The lowest BCUT2D eigenvalue weighted by Gasteiger charge is -2.21. The highest BCUT2D eigenvalue weighted by molar-refractivity contribution is 8.00. The van der Waals surface area contributed by atoms with Crippen molar-refractivity contribution in [3.05, 3.63) is 30.1 Å². The molecule has 104 valence electrons.